The first-order valence-electron chi connectivity index (χ1n) is 6.43. The van der Waals surface area contributed by atoms with Gasteiger partial charge in [-0.3, -0.25) is 0 Å². The van der Waals surface area contributed by atoms with Crippen molar-refractivity contribution >= 4 is 0 Å². The molecule has 1 N–H and O–H groups in total. The van der Waals surface area contributed by atoms with E-state index in [9.17, 15) is 5.26 Å². The van der Waals surface area contributed by atoms with Gasteiger partial charge in [-0.05, 0) is 16.7 Å². The van der Waals surface area contributed by atoms with Crippen molar-refractivity contribution in [1.82, 2.24) is 9.97 Å². The van der Waals surface area contributed by atoms with Crippen LogP contribution in [0.2, 0.25) is 0 Å². The van der Waals surface area contributed by atoms with Crippen molar-refractivity contribution in [1.29, 1.82) is 5.26 Å². The van der Waals surface area contributed by atoms with Crippen LogP contribution in [0.4, 0.5) is 0 Å². The molecule has 3 heteroatoms. The Kier molecular flexibility index (Phi) is 3.30. The molecule has 0 aliphatic rings. The van der Waals surface area contributed by atoms with E-state index in [1.165, 1.54) is 5.56 Å². The second-order valence-electron chi connectivity index (χ2n) is 4.52. The molecule has 0 fully saturated rings. The molecule has 0 aliphatic carbocycles. The first-order chi connectivity index (χ1) is 9.88. The van der Waals surface area contributed by atoms with Gasteiger partial charge in [0, 0.05) is 12.4 Å². The molecule has 0 saturated carbocycles. The van der Waals surface area contributed by atoms with Crippen molar-refractivity contribution in [2.75, 3.05) is 0 Å². The molecule has 3 rings (SSSR count). The molecule has 0 bridgehead atoms. The lowest BCUT2D eigenvalue weighted by atomic mass is 9.97. The molecule has 1 unspecified atom stereocenters. The van der Waals surface area contributed by atoms with E-state index in [1.807, 2.05) is 42.5 Å². The van der Waals surface area contributed by atoms with Crippen LogP contribution in [0, 0.1) is 11.3 Å². The van der Waals surface area contributed by atoms with Gasteiger partial charge in [0.2, 0.25) is 0 Å². The summed E-state index contributed by atoms with van der Waals surface area (Å²) in [5, 5.41) is 9.33. The van der Waals surface area contributed by atoms with Crippen LogP contribution in [-0.2, 0) is 0 Å². The Hall–Kier alpha value is -2.86. The average Bonchev–Trinajstić information content (AvgIpc) is 3.04. The molecule has 3 nitrogen and oxygen atoms in total. The van der Waals surface area contributed by atoms with E-state index >= 15 is 0 Å². The van der Waals surface area contributed by atoms with Crippen molar-refractivity contribution in [3.63, 3.8) is 0 Å². The Morgan fingerprint density at radius 3 is 2.25 bits per heavy atom. The first kappa shape index (κ1) is 12.2. The lowest BCUT2D eigenvalue weighted by Crippen LogP contribution is -2.00. The van der Waals surface area contributed by atoms with Gasteiger partial charge in [0.1, 0.15) is 11.7 Å². The van der Waals surface area contributed by atoms with Gasteiger partial charge >= 0.3 is 0 Å². The monoisotopic (exact) mass is 259 g/mol. The smallest absolute Gasteiger partial charge is 0.129 e. The fourth-order valence-electron chi connectivity index (χ4n) is 2.23. The minimum absolute atomic E-state index is 0.352. The van der Waals surface area contributed by atoms with Gasteiger partial charge in [0.05, 0.1) is 6.07 Å². The van der Waals surface area contributed by atoms with E-state index in [2.05, 4.69) is 28.2 Å². The molecule has 20 heavy (non-hydrogen) atoms. The van der Waals surface area contributed by atoms with Gasteiger partial charge in [-0.1, -0.05) is 54.6 Å². The Labute approximate surface area is 117 Å². The predicted molar refractivity (Wildman–Crippen MR) is 77.9 cm³/mol. The highest BCUT2D eigenvalue weighted by Crippen LogP contribution is 2.25. The summed E-state index contributed by atoms with van der Waals surface area (Å²) in [6, 6.07) is 20.5. The maximum atomic E-state index is 9.33. The summed E-state index contributed by atoms with van der Waals surface area (Å²) in [6.07, 6.45) is 3.40. The van der Waals surface area contributed by atoms with Crippen LogP contribution in [0.25, 0.3) is 11.1 Å². The number of nitrogens with zero attached hydrogens (tertiary/aromatic N) is 2. The normalized spacial score (nSPS) is 11.8. The maximum absolute atomic E-state index is 9.33. The van der Waals surface area contributed by atoms with Crippen molar-refractivity contribution in [3.8, 4) is 17.2 Å². The fourth-order valence-corrected chi connectivity index (χ4v) is 2.23. The third kappa shape index (κ3) is 2.32. The molecule has 1 aromatic heterocycles. The zero-order chi connectivity index (χ0) is 13.8. The second-order valence-corrected chi connectivity index (χ2v) is 4.52. The van der Waals surface area contributed by atoms with Crippen molar-refractivity contribution in [2.24, 2.45) is 0 Å². The number of hydrogen-bond donors (Lipinski definition) is 1. The number of aromatic amines is 1. The Morgan fingerprint density at radius 1 is 0.950 bits per heavy atom. The molecule has 2 aromatic carbocycles. The number of H-pyrrole nitrogens is 1. The average molecular weight is 259 g/mol. The summed E-state index contributed by atoms with van der Waals surface area (Å²) in [5.74, 6) is 0.329. The first-order valence-corrected chi connectivity index (χ1v) is 6.43. The number of rotatable bonds is 3. The zero-order valence-corrected chi connectivity index (χ0v) is 10.8. The van der Waals surface area contributed by atoms with Crippen molar-refractivity contribution in [3.05, 3.63) is 78.4 Å². The molecule has 1 heterocycles. The molecule has 0 amide bonds. The van der Waals surface area contributed by atoms with Crippen LogP contribution < -0.4 is 0 Å². The predicted octanol–water partition coefficient (Wildman–Crippen LogP) is 3.73. The third-order valence-electron chi connectivity index (χ3n) is 3.27. The van der Waals surface area contributed by atoms with Gasteiger partial charge in [-0.25, -0.2) is 4.98 Å². The highest BCUT2D eigenvalue weighted by atomic mass is 14.9. The van der Waals surface area contributed by atoms with Gasteiger partial charge in [-0.2, -0.15) is 5.26 Å². The zero-order valence-electron chi connectivity index (χ0n) is 10.8. The lowest BCUT2D eigenvalue weighted by molar-refractivity contribution is 0.927. The van der Waals surface area contributed by atoms with Crippen molar-refractivity contribution in [2.45, 2.75) is 5.92 Å². The lowest BCUT2D eigenvalue weighted by Gasteiger charge is -2.08. The summed E-state index contributed by atoms with van der Waals surface area (Å²) in [4.78, 5) is 7.17. The highest BCUT2D eigenvalue weighted by Gasteiger charge is 2.15. The number of benzene rings is 2. The van der Waals surface area contributed by atoms with E-state index in [0.717, 1.165) is 11.1 Å². The van der Waals surface area contributed by atoms with E-state index in [0.29, 0.717) is 5.82 Å². The summed E-state index contributed by atoms with van der Waals surface area (Å²) in [5.41, 5.74) is 3.26. The van der Waals surface area contributed by atoms with E-state index in [-0.39, 0.29) is 5.92 Å². The van der Waals surface area contributed by atoms with Gasteiger partial charge in [0.15, 0.2) is 0 Å². The van der Waals surface area contributed by atoms with Gasteiger partial charge < -0.3 is 4.98 Å². The topological polar surface area (TPSA) is 52.5 Å². The molecule has 0 spiro atoms. The summed E-state index contributed by atoms with van der Waals surface area (Å²) < 4.78 is 0. The highest BCUT2D eigenvalue weighted by molar-refractivity contribution is 5.63. The number of nitriles is 1. The van der Waals surface area contributed by atoms with Crippen molar-refractivity contribution < 1.29 is 0 Å². The van der Waals surface area contributed by atoms with E-state index < -0.39 is 0 Å². The maximum Gasteiger partial charge on any atom is 0.129 e. The van der Waals surface area contributed by atoms with Crippen LogP contribution >= 0.6 is 0 Å². The van der Waals surface area contributed by atoms with E-state index in [4.69, 9.17) is 0 Å². The molecule has 1 atom stereocenters. The van der Waals surface area contributed by atoms with Crippen LogP contribution in [0.5, 0.6) is 0 Å². The van der Waals surface area contributed by atoms with Crippen LogP contribution in [-0.4, -0.2) is 9.97 Å². The number of imidazole rings is 1. The third-order valence-corrected chi connectivity index (χ3v) is 3.27. The fraction of sp³-hybridized carbons (Fsp3) is 0.0588. The SMILES string of the molecule is N#CC(c1ccc(-c2ccccc2)cc1)c1ncc[nH]1. The quantitative estimate of drug-likeness (QED) is 0.779. The summed E-state index contributed by atoms with van der Waals surface area (Å²) in [7, 11) is 0. The molecule has 0 aliphatic heterocycles. The number of nitrogens with one attached hydrogen (secondary N) is 1. The summed E-state index contributed by atoms with van der Waals surface area (Å²) in [6.45, 7) is 0. The Bertz CT molecular complexity index is 707. The van der Waals surface area contributed by atoms with Crippen LogP contribution in [0.1, 0.15) is 17.3 Å². The number of hydrogen-bond acceptors (Lipinski definition) is 2. The van der Waals surface area contributed by atoms with Crippen LogP contribution in [0.3, 0.4) is 0 Å². The number of aromatic nitrogens is 2. The Morgan fingerprint density at radius 2 is 1.65 bits per heavy atom. The second kappa shape index (κ2) is 5.41. The van der Waals surface area contributed by atoms with Crippen LogP contribution in [0.15, 0.2) is 67.0 Å². The Balaban J connectivity index is 1.92. The molecule has 0 saturated heterocycles. The molecule has 3 aromatic rings. The van der Waals surface area contributed by atoms with Gasteiger partial charge in [-0.15, -0.1) is 0 Å². The molecule has 96 valence electrons. The minimum atomic E-state index is -0.352. The summed E-state index contributed by atoms with van der Waals surface area (Å²) >= 11 is 0. The van der Waals surface area contributed by atoms with Gasteiger partial charge in [0.25, 0.3) is 0 Å². The molecule has 0 radical (unpaired) electrons. The van der Waals surface area contributed by atoms with E-state index in [1.54, 1.807) is 12.4 Å². The molecular formula is C17H13N3. The standard InChI is InChI=1S/C17H13N3/c18-12-16(17-19-10-11-20-17)15-8-6-14(7-9-15)13-4-2-1-3-5-13/h1-11,16H,(H,19,20). The largest absolute Gasteiger partial charge is 0.347 e. The minimum Gasteiger partial charge on any atom is -0.347 e. The molecular weight excluding hydrogens is 246 g/mol.